The average Bonchev–Trinajstić information content (AvgIpc) is 2.51. The van der Waals surface area contributed by atoms with Crippen molar-refractivity contribution in [2.75, 3.05) is 5.32 Å². The van der Waals surface area contributed by atoms with Crippen LogP contribution in [0.4, 0.5) is 17.1 Å². The lowest BCUT2D eigenvalue weighted by atomic mass is 10.1. The number of nitrogens with zero attached hydrogens (tertiary/aromatic N) is 2. The van der Waals surface area contributed by atoms with E-state index in [4.69, 9.17) is 14.6 Å². The molecule has 0 radical (unpaired) electrons. The van der Waals surface area contributed by atoms with Crippen molar-refractivity contribution < 1.29 is 38.8 Å². The highest BCUT2D eigenvalue weighted by Gasteiger charge is 2.39. The number of hydrogen-bond donors (Lipinski definition) is 2. The molecule has 1 saturated heterocycles. The van der Waals surface area contributed by atoms with Crippen molar-refractivity contribution in [1.29, 1.82) is 0 Å². The number of anilines is 1. The number of nitrogens with one attached hydrogen (secondary N) is 1. The molecule has 27 heavy (non-hydrogen) atoms. The zero-order chi connectivity index (χ0) is 20.5. The van der Waals surface area contributed by atoms with E-state index in [0.29, 0.717) is 18.3 Å². The number of carboxylic acids is 1. The third-order valence-electron chi connectivity index (χ3n) is 3.21. The molecule has 142 valence electrons. The van der Waals surface area contributed by atoms with E-state index in [2.05, 4.69) is 5.32 Å². The molecule has 0 amide bonds. The molecule has 0 bridgehead atoms. The first-order valence-corrected chi connectivity index (χ1v) is 7.06. The number of rotatable bonds is 5. The van der Waals surface area contributed by atoms with Crippen LogP contribution < -0.4 is 5.32 Å². The maximum Gasteiger partial charge on any atom is 0.350 e. The van der Waals surface area contributed by atoms with Gasteiger partial charge >= 0.3 is 29.3 Å². The Balaban J connectivity index is 2.53. The van der Waals surface area contributed by atoms with Crippen molar-refractivity contribution in [3.8, 4) is 0 Å². The smallest absolute Gasteiger partial charge is 0.350 e. The van der Waals surface area contributed by atoms with Crippen molar-refractivity contribution >= 4 is 35.0 Å². The van der Waals surface area contributed by atoms with Crippen LogP contribution >= 0.6 is 0 Å². The molecule has 13 nitrogen and oxygen atoms in total. The largest absolute Gasteiger partial charge is 0.478 e. The average molecular weight is 381 g/mol. The summed E-state index contributed by atoms with van der Waals surface area (Å²) in [5, 5.41) is 33.4. The number of esters is 2. The van der Waals surface area contributed by atoms with Crippen LogP contribution in [0.25, 0.3) is 0 Å². The van der Waals surface area contributed by atoms with Crippen molar-refractivity contribution in [2.45, 2.75) is 19.6 Å². The van der Waals surface area contributed by atoms with Crippen LogP contribution in [0, 0.1) is 20.2 Å². The molecular weight excluding hydrogens is 370 g/mol. The second kappa shape index (κ2) is 6.70. The molecule has 1 aliphatic heterocycles. The number of hydrogen-bond acceptors (Lipinski definition) is 10. The van der Waals surface area contributed by atoms with Crippen LogP contribution in [0.1, 0.15) is 24.2 Å². The molecule has 1 aromatic carbocycles. The van der Waals surface area contributed by atoms with Gasteiger partial charge in [0.05, 0.1) is 15.4 Å². The van der Waals surface area contributed by atoms with Crippen LogP contribution in [-0.2, 0) is 19.1 Å². The van der Waals surface area contributed by atoms with Gasteiger partial charge in [-0.1, -0.05) is 0 Å². The Labute approximate surface area is 149 Å². The van der Waals surface area contributed by atoms with Gasteiger partial charge in [-0.05, 0) is 0 Å². The molecule has 0 spiro atoms. The summed E-state index contributed by atoms with van der Waals surface area (Å²) in [7, 11) is 0. The lowest BCUT2D eigenvalue weighted by molar-refractivity contribution is -0.392. The minimum atomic E-state index is -1.62. The third kappa shape index (κ3) is 3.97. The lowest BCUT2D eigenvalue weighted by Crippen LogP contribution is -2.42. The number of carbonyl (C=O) groups is 3. The quantitative estimate of drug-likeness (QED) is 0.246. The van der Waals surface area contributed by atoms with E-state index in [9.17, 15) is 34.6 Å². The van der Waals surface area contributed by atoms with Crippen LogP contribution in [0.2, 0.25) is 0 Å². The molecule has 0 aliphatic carbocycles. The fraction of sp³-hybridized carbons (Fsp3) is 0.214. The third-order valence-corrected chi connectivity index (χ3v) is 3.21. The highest BCUT2D eigenvalue weighted by Crippen LogP contribution is 2.36. The summed E-state index contributed by atoms with van der Waals surface area (Å²) in [6, 6.07) is 1.19. The Hall–Kier alpha value is -4.03. The Kier molecular flexibility index (Phi) is 4.79. The number of carbonyl (C=O) groups excluding carboxylic acids is 2. The van der Waals surface area contributed by atoms with Crippen molar-refractivity contribution in [3.05, 3.63) is 49.7 Å². The van der Waals surface area contributed by atoms with E-state index in [1.807, 2.05) is 0 Å². The summed E-state index contributed by atoms with van der Waals surface area (Å²) < 4.78 is 9.63. The Morgan fingerprint density at radius 2 is 1.56 bits per heavy atom. The predicted octanol–water partition coefficient (Wildman–Crippen LogP) is 1.33. The van der Waals surface area contributed by atoms with E-state index in [1.54, 1.807) is 0 Å². The van der Waals surface area contributed by atoms with Gasteiger partial charge in [-0.3, -0.25) is 20.2 Å². The molecule has 1 fully saturated rings. The summed E-state index contributed by atoms with van der Waals surface area (Å²) in [4.78, 5) is 55.0. The second-order valence-electron chi connectivity index (χ2n) is 5.59. The minimum Gasteiger partial charge on any atom is -0.478 e. The number of benzene rings is 1. The fourth-order valence-corrected chi connectivity index (χ4v) is 2.09. The summed E-state index contributed by atoms with van der Waals surface area (Å²) in [6.07, 6.45) is 0.648. The number of nitro groups is 2. The minimum absolute atomic E-state index is 0.594. The maximum atomic E-state index is 11.8. The van der Waals surface area contributed by atoms with Crippen LogP contribution in [0.3, 0.4) is 0 Å². The van der Waals surface area contributed by atoms with Crippen LogP contribution in [0.15, 0.2) is 23.9 Å². The van der Waals surface area contributed by atoms with Crippen LogP contribution in [-0.4, -0.2) is 38.6 Å². The van der Waals surface area contributed by atoms with Crippen LogP contribution in [0.5, 0.6) is 0 Å². The SMILES string of the molecule is CC1(C)OC(=O)C(=CNc2c([N+](=O)[O-])cc(C(=O)O)cc2[N+](=O)[O-])C(=O)O1. The first kappa shape index (κ1) is 19.3. The number of aromatic carboxylic acids is 1. The summed E-state index contributed by atoms with van der Waals surface area (Å²) in [5.74, 6) is -5.37. The molecule has 0 aromatic heterocycles. The predicted molar refractivity (Wildman–Crippen MR) is 84.7 cm³/mol. The molecular formula is C14H11N3O10. The molecule has 13 heteroatoms. The lowest BCUT2D eigenvalue weighted by Gasteiger charge is -2.29. The molecule has 0 saturated carbocycles. The monoisotopic (exact) mass is 381 g/mol. The number of nitro benzene ring substituents is 2. The van der Waals surface area contributed by atoms with E-state index < -0.39 is 61.7 Å². The number of ether oxygens (including phenoxy) is 2. The highest BCUT2D eigenvalue weighted by molar-refractivity contribution is 6.15. The molecule has 1 aromatic rings. The summed E-state index contributed by atoms with van der Waals surface area (Å²) in [6.45, 7) is 2.60. The Bertz CT molecular complexity index is 861. The highest BCUT2D eigenvalue weighted by atomic mass is 16.7. The van der Waals surface area contributed by atoms with Gasteiger partial charge in [-0.25, -0.2) is 14.4 Å². The van der Waals surface area contributed by atoms with E-state index in [1.165, 1.54) is 13.8 Å². The molecule has 1 heterocycles. The molecule has 2 rings (SSSR count). The standard InChI is InChI=1S/C14H11N3O10/c1-14(2)26-12(20)7(13(21)27-14)5-15-10-8(16(22)23)3-6(11(18)19)4-9(10)17(24)25/h3-5,15H,1-2H3,(H,18,19). The first-order chi connectivity index (χ1) is 12.4. The Morgan fingerprint density at radius 1 is 1.11 bits per heavy atom. The van der Waals surface area contributed by atoms with Gasteiger partial charge in [-0.2, -0.15) is 0 Å². The molecule has 0 unspecified atom stereocenters. The maximum absolute atomic E-state index is 11.8. The molecule has 1 aliphatic rings. The normalized spacial score (nSPS) is 15.4. The van der Waals surface area contributed by atoms with E-state index in [0.717, 1.165) is 0 Å². The topological polar surface area (TPSA) is 188 Å². The van der Waals surface area contributed by atoms with E-state index in [-0.39, 0.29) is 0 Å². The molecule has 0 atom stereocenters. The zero-order valence-corrected chi connectivity index (χ0v) is 13.7. The second-order valence-corrected chi connectivity index (χ2v) is 5.59. The van der Waals surface area contributed by atoms with Crippen molar-refractivity contribution in [3.63, 3.8) is 0 Å². The Morgan fingerprint density at radius 3 is 1.93 bits per heavy atom. The van der Waals surface area contributed by atoms with Gasteiger partial charge < -0.3 is 19.9 Å². The van der Waals surface area contributed by atoms with Crippen molar-refractivity contribution in [1.82, 2.24) is 0 Å². The summed E-state index contributed by atoms with van der Waals surface area (Å²) >= 11 is 0. The van der Waals surface area contributed by atoms with Gasteiger partial charge in [0.2, 0.25) is 0 Å². The number of cyclic esters (lactones) is 2. The molecule has 2 N–H and O–H groups in total. The first-order valence-electron chi connectivity index (χ1n) is 7.06. The van der Waals surface area contributed by atoms with Gasteiger partial charge in [0, 0.05) is 32.2 Å². The zero-order valence-electron chi connectivity index (χ0n) is 13.7. The van der Waals surface area contributed by atoms with Gasteiger partial charge in [-0.15, -0.1) is 0 Å². The number of carboxylic acid groups (broad SMARTS) is 1. The van der Waals surface area contributed by atoms with Gasteiger partial charge in [0.25, 0.3) is 5.79 Å². The van der Waals surface area contributed by atoms with Crippen molar-refractivity contribution in [2.24, 2.45) is 0 Å². The van der Waals surface area contributed by atoms with Gasteiger partial charge in [0.1, 0.15) is 0 Å². The van der Waals surface area contributed by atoms with E-state index >= 15 is 0 Å². The summed E-state index contributed by atoms with van der Waals surface area (Å²) in [5.41, 5.74) is -4.01. The van der Waals surface area contributed by atoms with Gasteiger partial charge in [0.15, 0.2) is 11.3 Å². The fourth-order valence-electron chi connectivity index (χ4n) is 2.09.